The van der Waals surface area contributed by atoms with Crippen molar-refractivity contribution in [2.45, 2.75) is 40.0 Å². The van der Waals surface area contributed by atoms with Gasteiger partial charge in [-0.2, -0.15) is 0 Å². The van der Waals surface area contributed by atoms with Crippen molar-refractivity contribution in [3.63, 3.8) is 0 Å². The van der Waals surface area contributed by atoms with Gasteiger partial charge >= 0.3 is 0 Å². The first-order chi connectivity index (χ1) is 9.35. The van der Waals surface area contributed by atoms with Crippen molar-refractivity contribution < 1.29 is 9.47 Å². The maximum atomic E-state index is 5.44. The Bertz CT molecular complexity index is 158. The number of nitrogens with one attached hydrogen (secondary N) is 1. The van der Waals surface area contributed by atoms with Crippen molar-refractivity contribution in [3.05, 3.63) is 0 Å². The van der Waals surface area contributed by atoms with Crippen LogP contribution >= 0.6 is 0 Å². The largest absolute Gasteiger partial charge is 0.380 e. The monoisotopic (exact) mass is 274 g/mol. The van der Waals surface area contributed by atoms with Gasteiger partial charge in [0.25, 0.3) is 0 Å². The molecule has 4 nitrogen and oxygen atoms in total. The summed E-state index contributed by atoms with van der Waals surface area (Å²) in [5.74, 6) is 0. The first-order valence-electron chi connectivity index (χ1n) is 7.93. The Hall–Kier alpha value is -0.160. The van der Waals surface area contributed by atoms with Gasteiger partial charge in [0.05, 0.1) is 13.2 Å². The van der Waals surface area contributed by atoms with Crippen LogP contribution in [0.25, 0.3) is 0 Å². The van der Waals surface area contributed by atoms with E-state index >= 15 is 0 Å². The second kappa shape index (κ2) is 15.9. The number of hydrogen-bond donors (Lipinski definition) is 1. The van der Waals surface area contributed by atoms with Crippen LogP contribution in [-0.2, 0) is 9.47 Å². The molecule has 0 aliphatic heterocycles. The molecule has 0 saturated heterocycles. The number of ether oxygens (including phenoxy) is 2. The van der Waals surface area contributed by atoms with Crippen LogP contribution in [0.3, 0.4) is 0 Å². The first-order valence-corrected chi connectivity index (χ1v) is 7.93. The van der Waals surface area contributed by atoms with Crippen molar-refractivity contribution in [2.24, 2.45) is 0 Å². The maximum Gasteiger partial charge on any atom is 0.0593 e. The molecule has 0 aliphatic carbocycles. The summed E-state index contributed by atoms with van der Waals surface area (Å²) in [7, 11) is 0. The van der Waals surface area contributed by atoms with Gasteiger partial charge < -0.3 is 14.8 Å². The molecule has 0 atom stereocenters. The maximum absolute atomic E-state index is 5.44. The molecule has 0 aliphatic rings. The van der Waals surface area contributed by atoms with Gasteiger partial charge in [-0.15, -0.1) is 0 Å². The molecule has 0 spiro atoms. The Balaban J connectivity index is 3.58. The molecular formula is C15H34N2O2. The topological polar surface area (TPSA) is 33.7 Å². The third-order valence-electron chi connectivity index (χ3n) is 3.09. The fourth-order valence-corrected chi connectivity index (χ4v) is 1.95. The lowest BCUT2D eigenvalue weighted by Gasteiger charge is -2.22. The lowest BCUT2D eigenvalue weighted by atomic mass is 10.2. The minimum atomic E-state index is 0.808. The third-order valence-corrected chi connectivity index (χ3v) is 3.09. The van der Waals surface area contributed by atoms with E-state index in [1.54, 1.807) is 0 Å². The normalized spacial score (nSPS) is 11.4. The molecule has 0 unspecified atom stereocenters. The average Bonchev–Trinajstić information content (AvgIpc) is 2.42. The van der Waals surface area contributed by atoms with Gasteiger partial charge in [0, 0.05) is 26.3 Å². The van der Waals surface area contributed by atoms with E-state index < -0.39 is 0 Å². The third kappa shape index (κ3) is 14.1. The molecule has 116 valence electrons. The Morgan fingerprint density at radius 1 is 0.789 bits per heavy atom. The van der Waals surface area contributed by atoms with E-state index in [9.17, 15) is 0 Å². The minimum absolute atomic E-state index is 0.808. The van der Waals surface area contributed by atoms with E-state index in [0.717, 1.165) is 59.2 Å². The van der Waals surface area contributed by atoms with Crippen LogP contribution in [0.4, 0.5) is 0 Å². The lowest BCUT2D eigenvalue weighted by molar-refractivity contribution is 0.0820. The molecule has 1 N–H and O–H groups in total. The predicted octanol–water partition coefficient (Wildman–Crippen LogP) is 2.14. The number of rotatable bonds is 15. The standard InChI is InChI=1S/C15H34N2O2/c1-4-16-10-8-7-9-11-17(12-14-18-5-2)13-15-19-6-3/h16H,4-15H2,1-3H3. The lowest BCUT2D eigenvalue weighted by Crippen LogP contribution is -2.32. The van der Waals surface area contributed by atoms with E-state index in [1.807, 2.05) is 13.8 Å². The molecule has 0 aromatic heterocycles. The summed E-state index contributed by atoms with van der Waals surface area (Å²) in [4.78, 5) is 2.46. The highest BCUT2D eigenvalue weighted by molar-refractivity contribution is 4.58. The van der Waals surface area contributed by atoms with Gasteiger partial charge in [0.2, 0.25) is 0 Å². The highest BCUT2D eigenvalue weighted by atomic mass is 16.5. The molecule has 0 rings (SSSR count). The summed E-state index contributed by atoms with van der Waals surface area (Å²) in [6.07, 6.45) is 3.84. The van der Waals surface area contributed by atoms with Gasteiger partial charge in [-0.25, -0.2) is 0 Å². The molecule has 0 fully saturated rings. The molecule has 0 radical (unpaired) electrons. The SMILES string of the molecule is CCNCCCCCN(CCOCC)CCOCC. The summed E-state index contributed by atoms with van der Waals surface area (Å²) in [5.41, 5.74) is 0. The Labute approximate surface area is 119 Å². The molecule has 0 heterocycles. The van der Waals surface area contributed by atoms with E-state index in [1.165, 1.54) is 19.3 Å². The molecular weight excluding hydrogens is 240 g/mol. The van der Waals surface area contributed by atoms with Crippen LogP contribution in [0.2, 0.25) is 0 Å². The van der Waals surface area contributed by atoms with Gasteiger partial charge in [-0.3, -0.25) is 4.90 Å². The smallest absolute Gasteiger partial charge is 0.0593 e. The molecule has 4 heteroatoms. The summed E-state index contributed by atoms with van der Waals surface area (Å²) in [5, 5.41) is 3.37. The average molecular weight is 274 g/mol. The molecule has 0 aromatic carbocycles. The van der Waals surface area contributed by atoms with Crippen molar-refractivity contribution in [3.8, 4) is 0 Å². The number of unbranched alkanes of at least 4 members (excludes halogenated alkanes) is 2. The van der Waals surface area contributed by atoms with E-state index in [2.05, 4.69) is 17.1 Å². The Kier molecular flexibility index (Phi) is 15.8. The number of hydrogen-bond acceptors (Lipinski definition) is 4. The highest BCUT2D eigenvalue weighted by Gasteiger charge is 2.04. The van der Waals surface area contributed by atoms with Crippen LogP contribution in [0, 0.1) is 0 Å². The predicted molar refractivity (Wildman–Crippen MR) is 81.8 cm³/mol. The summed E-state index contributed by atoms with van der Waals surface area (Å²) < 4.78 is 10.9. The van der Waals surface area contributed by atoms with E-state index in [-0.39, 0.29) is 0 Å². The zero-order chi connectivity index (χ0) is 14.2. The summed E-state index contributed by atoms with van der Waals surface area (Å²) >= 11 is 0. The van der Waals surface area contributed by atoms with Crippen LogP contribution in [-0.4, -0.2) is 64.1 Å². The van der Waals surface area contributed by atoms with E-state index in [0.29, 0.717) is 0 Å². The minimum Gasteiger partial charge on any atom is -0.380 e. The summed E-state index contributed by atoms with van der Waals surface area (Å²) in [6.45, 7) is 15.0. The zero-order valence-corrected chi connectivity index (χ0v) is 13.2. The van der Waals surface area contributed by atoms with Gasteiger partial charge in [0.15, 0.2) is 0 Å². The number of nitrogens with zero attached hydrogens (tertiary/aromatic N) is 1. The van der Waals surface area contributed by atoms with Gasteiger partial charge in [-0.05, 0) is 46.3 Å². The van der Waals surface area contributed by atoms with Gasteiger partial charge in [-0.1, -0.05) is 13.3 Å². The second-order valence-electron chi connectivity index (χ2n) is 4.65. The quantitative estimate of drug-likeness (QED) is 0.464. The van der Waals surface area contributed by atoms with Crippen LogP contribution in [0.5, 0.6) is 0 Å². The second-order valence-corrected chi connectivity index (χ2v) is 4.65. The van der Waals surface area contributed by atoms with Crippen LogP contribution in [0.1, 0.15) is 40.0 Å². The van der Waals surface area contributed by atoms with Crippen LogP contribution < -0.4 is 5.32 Å². The Morgan fingerprint density at radius 2 is 1.42 bits per heavy atom. The zero-order valence-electron chi connectivity index (χ0n) is 13.2. The van der Waals surface area contributed by atoms with Crippen molar-refractivity contribution in [1.29, 1.82) is 0 Å². The fourth-order valence-electron chi connectivity index (χ4n) is 1.95. The first kappa shape index (κ1) is 18.8. The van der Waals surface area contributed by atoms with Crippen LogP contribution in [0.15, 0.2) is 0 Å². The molecule has 0 bridgehead atoms. The van der Waals surface area contributed by atoms with Crippen molar-refractivity contribution in [1.82, 2.24) is 10.2 Å². The Morgan fingerprint density at radius 3 is 1.95 bits per heavy atom. The van der Waals surface area contributed by atoms with Gasteiger partial charge in [0.1, 0.15) is 0 Å². The van der Waals surface area contributed by atoms with Crippen molar-refractivity contribution >= 4 is 0 Å². The molecule has 0 saturated carbocycles. The fraction of sp³-hybridized carbons (Fsp3) is 1.00. The molecule has 0 aromatic rings. The van der Waals surface area contributed by atoms with E-state index in [4.69, 9.17) is 9.47 Å². The molecule has 0 amide bonds. The summed E-state index contributed by atoms with van der Waals surface area (Å²) in [6, 6.07) is 0. The highest BCUT2D eigenvalue weighted by Crippen LogP contribution is 1.99. The molecule has 19 heavy (non-hydrogen) atoms. The van der Waals surface area contributed by atoms with Crippen molar-refractivity contribution in [2.75, 3.05) is 59.2 Å².